The van der Waals surface area contributed by atoms with E-state index >= 15 is 0 Å². The third-order valence-electron chi connectivity index (χ3n) is 3.76. The molecule has 0 spiro atoms. The van der Waals surface area contributed by atoms with Crippen LogP contribution in [0.25, 0.3) is 0 Å². The molecule has 106 valence electrons. The van der Waals surface area contributed by atoms with E-state index in [1.807, 2.05) is 13.8 Å². The van der Waals surface area contributed by atoms with Gasteiger partial charge in [-0.05, 0) is 65.2 Å². The molecule has 0 atom stereocenters. The summed E-state index contributed by atoms with van der Waals surface area (Å²) in [5.41, 5.74) is -0.632. The average Bonchev–Trinajstić information content (AvgIpc) is 2.31. The van der Waals surface area contributed by atoms with Crippen molar-refractivity contribution in [3.8, 4) is 0 Å². The van der Waals surface area contributed by atoms with E-state index < -0.39 is 11.4 Å². The van der Waals surface area contributed by atoms with Crippen LogP contribution in [0.5, 0.6) is 0 Å². The van der Waals surface area contributed by atoms with Gasteiger partial charge in [0, 0.05) is 6.54 Å². The van der Waals surface area contributed by atoms with E-state index in [0.717, 1.165) is 32.1 Å². The zero-order valence-electron chi connectivity index (χ0n) is 12.0. The lowest BCUT2D eigenvalue weighted by Crippen LogP contribution is -2.44. The van der Waals surface area contributed by atoms with Gasteiger partial charge in [0.15, 0.2) is 0 Å². The molecule has 1 aliphatic rings. The molecule has 1 rings (SSSR count). The normalized spacial score (nSPS) is 19.1. The summed E-state index contributed by atoms with van der Waals surface area (Å²) < 4.78 is 0. The first-order valence-corrected chi connectivity index (χ1v) is 7.12. The van der Waals surface area contributed by atoms with Gasteiger partial charge in [-0.15, -0.1) is 0 Å². The van der Waals surface area contributed by atoms with Crippen molar-refractivity contribution in [3.63, 3.8) is 0 Å². The predicted octanol–water partition coefficient (Wildman–Crippen LogP) is 1.81. The summed E-state index contributed by atoms with van der Waals surface area (Å²) >= 11 is 0. The van der Waals surface area contributed by atoms with Crippen molar-refractivity contribution in [2.45, 2.75) is 40.0 Å². The minimum atomic E-state index is -0.700. The SMILES string of the molecule is CCCNCC1CCN(CC(C)(C)C(=O)O)CC1. The Morgan fingerprint density at radius 3 is 2.50 bits per heavy atom. The standard InChI is InChI=1S/C14H28N2O2/c1-4-7-15-10-12-5-8-16(9-6-12)11-14(2,3)13(17)18/h12,15H,4-11H2,1-3H3,(H,17,18). The summed E-state index contributed by atoms with van der Waals surface area (Å²) in [6.07, 6.45) is 3.56. The van der Waals surface area contributed by atoms with Crippen LogP contribution >= 0.6 is 0 Å². The number of nitrogens with zero attached hydrogens (tertiary/aromatic N) is 1. The molecule has 0 aromatic rings. The fraction of sp³-hybridized carbons (Fsp3) is 0.929. The van der Waals surface area contributed by atoms with Crippen molar-refractivity contribution in [3.05, 3.63) is 0 Å². The molecule has 0 radical (unpaired) electrons. The molecule has 4 nitrogen and oxygen atoms in total. The lowest BCUT2D eigenvalue weighted by molar-refractivity contribution is -0.148. The monoisotopic (exact) mass is 256 g/mol. The van der Waals surface area contributed by atoms with Crippen LogP contribution in [0.3, 0.4) is 0 Å². The van der Waals surface area contributed by atoms with E-state index in [0.29, 0.717) is 6.54 Å². The van der Waals surface area contributed by atoms with E-state index in [9.17, 15) is 4.79 Å². The van der Waals surface area contributed by atoms with Gasteiger partial charge < -0.3 is 15.3 Å². The molecule has 1 aliphatic heterocycles. The van der Waals surface area contributed by atoms with Crippen LogP contribution in [0.1, 0.15) is 40.0 Å². The number of carboxylic acid groups (broad SMARTS) is 1. The Hall–Kier alpha value is -0.610. The molecule has 0 aromatic heterocycles. The Morgan fingerprint density at radius 1 is 1.39 bits per heavy atom. The topological polar surface area (TPSA) is 52.6 Å². The highest BCUT2D eigenvalue weighted by atomic mass is 16.4. The van der Waals surface area contributed by atoms with Gasteiger partial charge in [-0.25, -0.2) is 0 Å². The van der Waals surface area contributed by atoms with Crippen LogP contribution in [0.15, 0.2) is 0 Å². The first kappa shape index (κ1) is 15.4. The fourth-order valence-corrected chi connectivity index (χ4v) is 2.46. The molecular weight excluding hydrogens is 228 g/mol. The molecule has 4 heteroatoms. The molecule has 0 unspecified atom stereocenters. The minimum Gasteiger partial charge on any atom is -0.481 e. The fourth-order valence-electron chi connectivity index (χ4n) is 2.46. The van der Waals surface area contributed by atoms with Crippen LogP contribution in [0.4, 0.5) is 0 Å². The summed E-state index contributed by atoms with van der Waals surface area (Å²) in [6, 6.07) is 0. The Kier molecular flexibility index (Phi) is 6.09. The van der Waals surface area contributed by atoms with Crippen LogP contribution in [-0.4, -0.2) is 48.7 Å². The van der Waals surface area contributed by atoms with Crippen LogP contribution in [0.2, 0.25) is 0 Å². The zero-order chi connectivity index (χ0) is 13.6. The summed E-state index contributed by atoms with van der Waals surface area (Å²) in [5, 5.41) is 12.6. The molecule has 0 amide bonds. The van der Waals surface area contributed by atoms with Gasteiger partial charge in [0.1, 0.15) is 0 Å². The van der Waals surface area contributed by atoms with Crippen molar-refractivity contribution < 1.29 is 9.90 Å². The van der Waals surface area contributed by atoms with Crippen molar-refractivity contribution in [2.24, 2.45) is 11.3 Å². The van der Waals surface area contributed by atoms with Gasteiger partial charge in [-0.3, -0.25) is 4.79 Å². The molecule has 0 aromatic carbocycles. The Bertz CT molecular complexity index is 259. The maximum atomic E-state index is 11.1. The van der Waals surface area contributed by atoms with Crippen LogP contribution in [0, 0.1) is 11.3 Å². The second kappa shape index (κ2) is 7.10. The van der Waals surface area contributed by atoms with Crippen molar-refractivity contribution in [1.82, 2.24) is 10.2 Å². The van der Waals surface area contributed by atoms with E-state index in [1.165, 1.54) is 19.3 Å². The Balaban J connectivity index is 2.25. The number of rotatable bonds is 7. The smallest absolute Gasteiger partial charge is 0.310 e. The van der Waals surface area contributed by atoms with E-state index in [1.54, 1.807) is 0 Å². The molecule has 0 bridgehead atoms. The molecule has 1 fully saturated rings. The molecule has 2 N–H and O–H groups in total. The molecule has 18 heavy (non-hydrogen) atoms. The second-order valence-corrected chi connectivity index (χ2v) is 6.11. The van der Waals surface area contributed by atoms with Crippen LogP contribution < -0.4 is 5.32 Å². The van der Waals surface area contributed by atoms with Gasteiger partial charge >= 0.3 is 5.97 Å². The van der Waals surface area contributed by atoms with Gasteiger partial charge in [-0.2, -0.15) is 0 Å². The summed E-state index contributed by atoms with van der Waals surface area (Å²) in [5.74, 6) is 0.0648. The second-order valence-electron chi connectivity index (χ2n) is 6.11. The lowest BCUT2D eigenvalue weighted by Gasteiger charge is -2.35. The number of hydrogen-bond acceptors (Lipinski definition) is 3. The molecule has 1 saturated heterocycles. The minimum absolute atomic E-state index is 0.632. The molecule has 1 heterocycles. The lowest BCUT2D eigenvalue weighted by atomic mass is 9.90. The molecule has 0 aliphatic carbocycles. The summed E-state index contributed by atoms with van der Waals surface area (Å²) in [6.45, 7) is 10.8. The largest absolute Gasteiger partial charge is 0.481 e. The van der Waals surface area contributed by atoms with Crippen LogP contribution in [-0.2, 0) is 4.79 Å². The number of nitrogens with one attached hydrogen (secondary N) is 1. The quantitative estimate of drug-likeness (QED) is 0.682. The number of hydrogen-bond donors (Lipinski definition) is 2. The van der Waals surface area contributed by atoms with Crippen molar-refractivity contribution >= 4 is 5.97 Å². The summed E-state index contributed by atoms with van der Waals surface area (Å²) in [7, 11) is 0. The van der Waals surface area contributed by atoms with Gasteiger partial charge in [0.25, 0.3) is 0 Å². The number of aliphatic carboxylic acids is 1. The van der Waals surface area contributed by atoms with Gasteiger partial charge in [0.2, 0.25) is 0 Å². The average molecular weight is 256 g/mol. The highest BCUT2D eigenvalue weighted by molar-refractivity contribution is 5.73. The highest BCUT2D eigenvalue weighted by Crippen LogP contribution is 2.22. The third kappa shape index (κ3) is 4.94. The van der Waals surface area contributed by atoms with Crippen molar-refractivity contribution in [1.29, 1.82) is 0 Å². The van der Waals surface area contributed by atoms with E-state index in [-0.39, 0.29) is 0 Å². The maximum Gasteiger partial charge on any atom is 0.310 e. The first-order valence-electron chi connectivity index (χ1n) is 7.12. The molecular formula is C14H28N2O2. The maximum absolute atomic E-state index is 11.1. The Morgan fingerprint density at radius 2 is 2.00 bits per heavy atom. The number of carbonyl (C=O) groups is 1. The van der Waals surface area contributed by atoms with Crippen molar-refractivity contribution in [2.75, 3.05) is 32.7 Å². The zero-order valence-corrected chi connectivity index (χ0v) is 12.0. The number of likely N-dealkylation sites (tertiary alicyclic amines) is 1. The Labute approximate surface area is 111 Å². The first-order chi connectivity index (χ1) is 8.45. The number of carboxylic acids is 1. The van der Waals surface area contributed by atoms with E-state index in [4.69, 9.17) is 5.11 Å². The van der Waals surface area contributed by atoms with Gasteiger partial charge in [0.05, 0.1) is 5.41 Å². The number of piperidine rings is 1. The van der Waals surface area contributed by atoms with Gasteiger partial charge in [-0.1, -0.05) is 6.92 Å². The summed E-state index contributed by atoms with van der Waals surface area (Å²) in [4.78, 5) is 13.4. The predicted molar refractivity (Wildman–Crippen MR) is 73.7 cm³/mol. The molecule has 0 saturated carbocycles. The van der Waals surface area contributed by atoms with E-state index in [2.05, 4.69) is 17.1 Å². The highest BCUT2D eigenvalue weighted by Gasteiger charge is 2.31. The third-order valence-corrected chi connectivity index (χ3v) is 3.76.